The highest BCUT2D eigenvalue weighted by Crippen LogP contribution is 2.57. The molecule has 1 unspecified atom stereocenters. The van der Waals surface area contributed by atoms with Crippen molar-refractivity contribution in [2.75, 3.05) is 13.8 Å². The average Bonchev–Trinajstić information content (AvgIpc) is 3.46. The molecular weight excluding hydrogens is 608 g/mol. The third-order valence-corrected chi connectivity index (χ3v) is 7.31. The van der Waals surface area contributed by atoms with Crippen molar-refractivity contribution in [2.45, 2.75) is 42.8 Å². The largest absolute Gasteiger partial charge is 0.448 e. The molecule has 9 nitrogen and oxygen atoms in total. The number of hydrogen-bond donors (Lipinski definition) is 0. The van der Waals surface area contributed by atoms with E-state index in [1.54, 1.807) is 0 Å². The fourth-order valence-corrected chi connectivity index (χ4v) is 4.89. The molecule has 1 aliphatic carbocycles. The third kappa shape index (κ3) is 4.18. The van der Waals surface area contributed by atoms with Crippen molar-refractivity contribution in [1.82, 2.24) is 24.5 Å². The summed E-state index contributed by atoms with van der Waals surface area (Å²) in [6.45, 7) is -0.242. The standard InChI is InChI=1S/C24H17ClF8N6O3/c1-37-19-16(17(36-37)22(27,23(28,29)30)24(31,32)33)42-18(26)15-13(8-35-39(15)19)11-3-4-14(25)12(7-11)20(40)38(10-41-2)21(9-34)5-6-21/h3-4,7-8,18H,5-6,10H2,1-2H3. The molecule has 0 N–H and O–H groups in total. The molecule has 1 atom stereocenters. The van der Waals surface area contributed by atoms with Crippen molar-refractivity contribution in [3.63, 3.8) is 0 Å². The van der Waals surface area contributed by atoms with E-state index in [2.05, 4.69) is 16.3 Å². The molecule has 0 saturated heterocycles. The summed E-state index contributed by atoms with van der Waals surface area (Å²) >= 11 is 6.27. The molecule has 5 rings (SSSR count). The second-order valence-corrected chi connectivity index (χ2v) is 9.96. The first-order valence-corrected chi connectivity index (χ1v) is 12.2. The Balaban J connectivity index is 1.62. The van der Waals surface area contributed by atoms with Crippen LogP contribution in [-0.2, 0) is 17.5 Å². The van der Waals surface area contributed by atoms with Crippen LogP contribution in [0.4, 0.5) is 35.1 Å². The van der Waals surface area contributed by atoms with Crippen molar-refractivity contribution in [2.24, 2.45) is 7.05 Å². The number of amides is 1. The summed E-state index contributed by atoms with van der Waals surface area (Å²) in [5.74, 6) is -2.84. The highest BCUT2D eigenvalue weighted by molar-refractivity contribution is 6.34. The van der Waals surface area contributed by atoms with Gasteiger partial charge in [0.25, 0.3) is 12.3 Å². The van der Waals surface area contributed by atoms with Gasteiger partial charge in [0, 0.05) is 19.7 Å². The van der Waals surface area contributed by atoms with E-state index in [0.29, 0.717) is 22.2 Å². The number of alkyl halides is 8. The van der Waals surface area contributed by atoms with E-state index in [-0.39, 0.29) is 28.4 Å². The predicted molar refractivity (Wildman–Crippen MR) is 126 cm³/mol. The number of carbonyl (C=O) groups is 1. The Labute approximate surface area is 235 Å². The highest BCUT2D eigenvalue weighted by atomic mass is 35.5. The highest BCUT2D eigenvalue weighted by Gasteiger charge is 2.76. The van der Waals surface area contributed by atoms with Gasteiger partial charge >= 0.3 is 18.0 Å². The Hall–Kier alpha value is -3.91. The lowest BCUT2D eigenvalue weighted by atomic mass is 9.99. The summed E-state index contributed by atoms with van der Waals surface area (Å²) in [5, 5.41) is 16.5. The lowest BCUT2D eigenvalue weighted by molar-refractivity contribution is -0.350. The van der Waals surface area contributed by atoms with Crippen LogP contribution in [0.1, 0.15) is 40.9 Å². The molecule has 1 amide bonds. The lowest BCUT2D eigenvalue weighted by Crippen LogP contribution is -2.51. The van der Waals surface area contributed by atoms with E-state index in [1.165, 1.54) is 30.2 Å². The molecule has 1 saturated carbocycles. The number of carbonyl (C=O) groups excluding carboxylic acids is 1. The minimum absolute atomic E-state index is 0.0372. The van der Waals surface area contributed by atoms with Crippen LogP contribution >= 0.6 is 11.6 Å². The van der Waals surface area contributed by atoms with Crippen molar-refractivity contribution in [1.29, 1.82) is 5.26 Å². The van der Waals surface area contributed by atoms with Gasteiger partial charge in [-0.2, -0.15) is 46.2 Å². The van der Waals surface area contributed by atoms with Crippen molar-refractivity contribution >= 4 is 17.5 Å². The van der Waals surface area contributed by atoms with Crippen LogP contribution < -0.4 is 4.74 Å². The summed E-state index contributed by atoms with van der Waals surface area (Å²) < 4.78 is 122. The first kappa shape index (κ1) is 29.6. The first-order chi connectivity index (χ1) is 19.5. The number of benzene rings is 1. The van der Waals surface area contributed by atoms with Gasteiger partial charge < -0.3 is 9.47 Å². The fourth-order valence-electron chi connectivity index (χ4n) is 4.69. The molecule has 1 aromatic carbocycles. The zero-order valence-corrected chi connectivity index (χ0v) is 22.1. The second-order valence-electron chi connectivity index (χ2n) is 9.56. The number of nitriles is 1. The Kier molecular flexibility index (Phi) is 6.73. The number of fused-ring (bicyclic) bond motifs is 3. The zero-order chi connectivity index (χ0) is 31.0. The van der Waals surface area contributed by atoms with E-state index < -0.39 is 58.8 Å². The van der Waals surface area contributed by atoms with Gasteiger partial charge in [0.2, 0.25) is 0 Å². The van der Waals surface area contributed by atoms with Gasteiger partial charge in [0.15, 0.2) is 17.3 Å². The number of nitrogens with zero attached hydrogens (tertiary/aromatic N) is 6. The van der Waals surface area contributed by atoms with Gasteiger partial charge in [-0.15, -0.1) is 0 Å². The van der Waals surface area contributed by atoms with Gasteiger partial charge in [-0.3, -0.25) is 9.69 Å². The van der Waals surface area contributed by atoms with Crippen LogP contribution in [0.25, 0.3) is 16.9 Å². The topological polar surface area (TPSA) is 98.2 Å². The maximum Gasteiger partial charge on any atom is 0.437 e. The van der Waals surface area contributed by atoms with Crippen LogP contribution in [0, 0.1) is 11.3 Å². The molecule has 0 bridgehead atoms. The van der Waals surface area contributed by atoms with Crippen LogP contribution in [0.2, 0.25) is 5.02 Å². The van der Waals surface area contributed by atoms with Gasteiger partial charge in [0.1, 0.15) is 18.0 Å². The molecule has 2 aliphatic rings. The summed E-state index contributed by atoms with van der Waals surface area (Å²) in [5.41, 5.74) is -9.92. The molecule has 18 heteroatoms. The molecule has 2 aromatic heterocycles. The number of aryl methyl sites for hydroxylation is 1. The molecule has 0 spiro atoms. The zero-order valence-electron chi connectivity index (χ0n) is 21.3. The summed E-state index contributed by atoms with van der Waals surface area (Å²) in [6, 6.07) is 5.96. The average molecular weight is 625 g/mol. The maximum absolute atomic E-state index is 15.4. The molecular formula is C24H17ClF8N6O3. The SMILES string of the molecule is COCN(C(=O)c1cc(-c2cnn3c2C(F)Oc2c(C(F)(C(F)(F)F)C(F)(F)F)nn(C)c2-3)ccc1Cl)C1(C#N)CC1. The Morgan fingerprint density at radius 2 is 1.88 bits per heavy atom. The molecule has 0 radical (unpaired) electrons. The van der Waals surface area contributed by atoms with Crippen LogP contribution in [0.5, 0.6) is 5.75 Å². The quantitative estimate of drug-likeness (QED) is 0.259. The summed E-state index contributed by atoms with van der Waals surface area (Å²) in [7, 11) is 2.22. The van der Waals surface area contributed by atoms with Gasteiger partial charge in [0.05, 0.1) is 22.9 Å². The fraction of sp³-hybridized carbons (Fsp3) is 0.417. The van der Waals surface area contributed by atoms with Crippen molar-refractivity contribution < 1.29 is 49.4 Å². The monoisotopic (exact) mass is 624 g/mol. The Morgan fingerprint density at radius 3 is 2.43 bits per heavy atom. The number of ether oxygens (including phenoxy) is 2. The van der Waals surface area contributed by atoms with E-state index in [9.17, 15) is 40.8 Å². The summed E-state index contributed by atoms with van der Waals surface area (Å²) in [6.07, 6.45) is -14.0. The van der Waals surface area contributed by atoms with Gasteiger partial charge in [-0.25, -0.2) is 13.8 Å². The smallest absolute Gasteiger partial charge is 0.437 e. The Bertz CT molecular complexity index is 1610. The van der Waals surface area contributed by atoms with Crippen molar-refractivity contribution in [3.8, 4) is 28.8 Å². The second kappa shape index (κ2) is 9.56. The number of aromatic nitrogens is 4. The van der Waals surface area contributed by atoms with E-state index >= 15 is 4.39 Å². The third-order valence-electron chi connectivity index (χ3n) is 6.99. The van der Waals surface area contributed by atoms with E-state index in [4.69, 9.17) is 21.1 Å². The van der Waals surface area contributed by atoms with Gasteiger partial charge in [-0.1, -0.05) is 17.7 Å². The molecule has 42 heavy (non-hydrogen) atoms. The number of rotatable bonds is 6. The minimum Gasteiger partial charge on any atom is -0.448 e. The number of halogens is 9. The van der Waals surface area contributed by atoms with Crippen LogP contribution in [-0.4, -0.2) is 62.1 Å². The minimum atomic E-state index is -6.52. The molecule has 1 fully saturated rings. The number of hydrogen-bond acceptors (Lipinski definition) is 6. The predicted octanol–water partition coefficient (Wildman–Crippen LogP) is 5.68. The number of methoxy groups -OCH3 is 1. The van der Waals surface area contributed by atoms with Crippen LogP contribution in [0.3, 0.4) is 0 Å². The van der Waals surface area contributed by atoms with E-state index in [0.717, 1.165) is 13.2 Å². The first-order valence-electron chi connectivity index (χ1n) is 11.8. The molecule has 1 aliphatic heterocycles. The molecule has 3 heterocycles. The summed E-state index contributed by atoms with van der Waals surface area (Å²) in [4.78, 5) is 14.6. The maximum atomic E-state index is 15.4. The molecule has 224 valence electrons. The van der Waals surface area contributed by atoms with E-state index in [1.807, 2.05) is 0 Å². The normalized spacial score (nSPS) is 17.6. The van der Waals surface area contributed by atoms with Gasteiger partial charge in [-0.05, 0) is 30.5 Å². The Morgan fingerprint density at radius 1 is 1.24 bits per heavy atom. The molecule has 3 aromatic rings. The van der Waals surface area contributed by atoms with Crippen LogP contribution in [0.15, 0.2) is 24.4 Å². The van der Waals surface area contributed by atoms with Crippen molar-refractivity contribution in [3.05, 3.63) is 46.4 Å². The lowest BCUT2D eigenvalue weighted by Gasteiger charge is -2.30.